The van der Waals surface area contributed by atoms with Gasteiger partial charge < -0.3 is 16.0 Å². The first kappa shape index (κ1) is 6.48. The molecule has 0 fully saturated rings. The normalized spacial score (nSPS) is 28.8. The third-order valence-electron chi connectivity index (χ3n) is 1.90. The first-order valence-electron chi connectivity index (χ1n) is 3.52. The van der Waals surface area contributed by atoms with Crippen molar-refractivity contribution < 1.29 is 0 Å². The number of nitrogens with two attached hydrogens (primary N) is 1. The van der Waals surface area contributed by atoms with Crippen molar-refractivity contribution >= 4 is 6.34 Å². The van der Waals surface area contributed by atoms with E-state index in [0.29, 0.717) is 12.5 Å². The first-order chi connectivity index (χ1) is 5.29. The number of hydrogen-bond acceptors (Lipinski definition) is 5. The third kappa shape index (κ3) is 0.848. The van der Waals surface area contributed by atoms with Gasteiger partial charge in [0.25, 0.3) is 0 Å². The Kier molecular flexibility index (Phi) is 1.25. The maximum Gasteiger partial charge on any atom is 0.129 e. The summed E-state index contributed by atoms with van der Waals surface area (Å²) in [7, 11) is 1.97. The van der Waals surface area contributed by atoms with E-state index >= 15 is 0 Å². The van der Waals surface area contributed by atoms with E-state index in [4.69, 9.17) is 5.73 Å². The number of nitrogens with one attached hydrogen (secondary N) is 2. The maximum absolute atomic E-state index is 5.67. The highest BCUT2D eigenvalue weighted by molar-refractivity contribution is 5.62. The van der Waals surface area contributed by atoms with Crippen LogP contribution in [0.2, 0.25) is 0 Å². The fraction of sp³-hybridized carbons (Fsp3) is 0.500. The highest BCUT2D eigenvalue weighted by atomic mass is 15.4. The molecule has 0 bridgehead atoms. The van der Waals surface area contributed by atoms with Gasteiger partial charge >= 0.3 is 0 Å². The number of fused-ring (bicyclic) bond motifs is 1. The molecule has 11 heavy (non-hydrogen) atoms. The van der Waals surface area contributed by atoms with E-state index in [1.165, 1.54) is 0 Å². The van der Waals surface area contributed by atoms with Crippen LogP contribution in [0.5, 0.6) is 0 Å². The molecule has 0 aromatic rings. The molecule has 2 rings (SSSR count). The van der Waals surface area contributed by atoms with Gasteiger partial charge in [0.15, 0.2) is 0 Å². The van der Waals surface area contributed by atoms with Gasteiger partial charge in [-0.05, 0) is 0 Å². The number of aliphatic imine (C=N–C) groups is 1. The van der Waals surface area contributed by atoms with Crippen molar-refractivity contribution in [3.8, 4) is 0 Å². The third-order valence-corrected chi connectivity index (χ3v) is 1.90. The molecule has 1 atom stereocenters. The minimum Gasteiger partial charge on any atom is -0.384 e. The molecule has 5 heteroatoms. The van der Waals surface area contributed by atoms with Crippen LogP contribution in [-0.4, -0.2) is 31.1 Å². The van der Waals surface area contributed by atoms with Crippen LogP contribution in [0.3, 0.4) is 0 Å². The summed E-state index contributed by atoms with van der Waals surface area (Å²) in [6.07, 6.45) is 1.93. The molecule has 2 aliphatic rings. The van der Waals surface area contributed by atoms with Crippen molar-refractivity contribution in [3.63, 3.8) is 0 Å². The Labute approximate surface area is 65.0 Å². The molecular formula is C6H11N5. The zero-order valence-corrected chi connectivity index (χ0v) is 6.33. The van der Waals surface area contributed by atoms with E-state index in [0.717, 1.165) is 5.70 Å². The second-order valence-electron chi connectivity index (χ2n) is 2.67. The van der Waals surface area contributed by atoms with E-state index in [1.807, 2.05) is 11.9 Å². The molecule has 0 saturated carbocycles. The van der Waals surface area contributed by atoms with Gasteiger partial charge in [0.1, 0.15) is 17.7 Å². The molecule has 0 spiro atoms. The molecule has 0 radical (unpaired) electrons. The molecule has 0 aromatic carbocycles. The number of rotatable bonds is 0. The zero-order chi connectivity index (χ0) is 7.84. The van der Waals surface area contributed by atoms with Crippen LogP contribution in [-0.2, 0) is 0 Å². The van der Waals surface area contributed by atoms with Gasteiger partial charge in [0.2, 0.25) is 0 Å². The lowest BCUT2D eigenvalue weighted by Gasteiger charge is -2.27. The van der Waals surface area contributed by atoms with Gasteiger partial charge in [0, 0.05) is 7.05 Å². The summed E-state index contributed by atoms with van der Waals surface area (Å²) in [4.78, 5) is 6.14. The Morgan fingerprint density at radius 1 is 1.82 bits per heavy atom. The average molecular weight is 153 g/mol. The minimum absolute atomic E-state index is 0.163. The lowest BCUT2D eigenvalue weighted by atomic mass is 10.3. The first-order valence-corrected chi connectivity index (χ1v) is 3.52. The van der Waals surface area contributed by atoms with Crippen LogP contribution >= 0.6 is 0 Å². The van der Waals surface area contributed by atoms with Gasteiger partial charge in [0.05, 0.1) is 13.0 Å². The molecule has 5 nitrogen and oxygen atoms in total. The van der Waals surface area contributed by atoms with E-state index in [2.05, 4.69) is 15.6 Å². The summed E-state index contributed by atoms with van der Waals surface area (Å²) in [5, 5.41) is 6.19. The van der Waals surface area contributed by atoms with Crippen LogP contribution in [0.15, 0.2) is 16.5 Å². The quantitative estimate of drug-likeness (QED) is 0.399. The van der Waals surface area contributed by atoms with Gasteiger partial charge in [-0.15, -0.1) is 0 Å². The van der Waals surface area contributed by atoms with E-state index in [9.17, 15) is 0 Å². The maximum atomic E-state index is 5.67. The lowest BCUT2D eigenvalue weighted by molar-refractivity contribution is 0.345. The fourth-order valence-electron chi connectivity index (χ4n) is 1.27. The molecule has 2 heterocycles. The Morgan fingerprint density at radius 3 is 3.36 bits per heavy atom. The molecule has 0 aromatic heterocycles. The van der Waals surface area contributed by atoms with Crippen LogP contribution < -0.4 is 16.4 Å². The standard InChI is InChI=1S/C6H11N5/c1-11-3-10-4-5(7)8-2-9-6(4)11/h3,6,8-9H,2,7H2,1H3. The van der Waals surface area contributed by atoms with Crippen LogP contribution in [0.25, 0.3) is 0 Å². The average Bonchev–Trinajstić information content (AvgIpc) is 2.35. The summed E-state index contributed by atoms with van der Waals surface area (Å²) in [5.41, 5.74) is 6.56. The smallest absolute Gasteiger partial charge is 0.129 e. The lowest BCUT2D eigenvalue weighted by Crippen LogP contribution is -2.50. The molecule has 0 saturated heterocycles. The van der Waals surface area contributed by atoms with Crippen LogP contribution in [0, 0.1) is 0 Å². The van der Waals surface area contributed by atoms with Gasteiger partial charge in [-0.1, -0.05) is 0 Å². The number of nitrogens with zero attached hydrogens (tertiary/aromatic N) is 2. The number of hydrogen-bond donors (Lipinski definition) is 3. The van der Waals surface area contributed by atoms with Gasteiger partial charge in [-0.25, -0.2) is 4.99 Å². The molecule has 4 N–H and O–H groups in total. The SMILES string of the molecule is CN1C=NC2=C(N)NCNC21. The Bertz CT molecular complexity index is 231. The summed E-state index contributed by atoms with van der Waals surface area (Å²) in [5.74, 6) is 0.675. The molecule has 1 unspecified atom stereocenters. The minimum atomic E-state index is 0.163. The van der Waals surface area contributed by atoms with Crippen LogP contribution in [0.4, 0.5) is 0 Å². The molecule has 2 aliphatic heterocycles. The van der Waals surface area contributed by atoms with Crippen molar-refractivity contribution in [3.05, 3.63) is 11.5 Å². The fourth-order valence-corrected chi connectivity index (χ4v) is 1.27. The summed E-state index contributed by atoms with van der Waals surface area (Å²) in [6.45, 7) is 0.702. The summed E-state index contributed by atoms with van der Waals surface area (Å²) in [6, 6.07) is 0. The van der Waals surface area contributed by atoms with Crippen molar-refractivity contribution in [1.29, 1.82) is 0 Å². The topological polar surface area (TPSA) is 65.7 Å². The van der Waals surface area contributed by atoms with Gasteiger partial charge in [-0.2, -0.15) is 0 Å². The largest absolute Gasteiger partial charge is 0.384 e. The second kappa shape index (κ2) is 2.13. The predicted octanol–water partition coefficient (Wildman–Crippen LogP) is -1.44. The van der Waals surface area contributed by atoms with Crippen molar-refractivity contribution in [2.45, 2.75) is 6.17 Å². The van der Waals surface area contributed by atoms with Crippen molar-refractivity contribution in [2.24, 2.45) is 10.7 Å². The summed E-state index contributed by atoms with van der Waals surface area (Å²) >= 11 is 0. The molecule has 60 valence electrons. The Morgan fingerprint density at radius 2 is 2.64 bits per heavy atom. The van der Waals surface area contributed by atoms with E-state index in [1.54, 1.807) is 6.34 Å². The highest BCUT2D eigenvalue weighted by Gasteiger charge is 2.27. The van der Waals surface area contributed by atoms with Crippen molar-refractivity contribution in [1.82, 2.24) is 15.5 Å². The molecular weight excluding hydrogens is 142 g/mol. The second-order valence-corrected chi connectivity index (χ2v) is 2.67. The van der Waals surface area contributed by atoms with E-state index in [-0.39, 0.29) is 6.17 Å². The van der Waals surface area contributed by atoms with Crippen molar-refractivity contribution in [2.75, 3.05) is 13.7 Å². The number of likely N-dealkylation sites (N-methyl/N-ethyl adjacent to an activating group) is 1. The Hall–Kier alpha value is -1.23. The highest BCUT2D eigenvalue weighted by Crippen LogP contribution is 2.16. The van der Waals surface area contributed by atoms with Gasteiger partial charge in [-0.3, -0.25) is 5.32 Å². The molecule has 0 amide bonds. The summed E-state index contributed by atoms with van der Waals surface area (Å²) < 4.78 is 0. The predicted molar refractivity (Wildman–Crippen MR) is 42.4 cm³/mol. The molecule has 0 aliphatic carbocycles. The van der Waals surface area contributed by atoms with E-state index < -0.39 is 0 Å². The monoisotopic (exact) mass is 153 g/mol. The Balaban J connectivity index is 2.33. The van der Waals surface area contributed by atoms with Crippen LogP contribution in [0.1, 0.15) is 0 Å². The zero-order valence-electron chi connectivity index (χ0n) is 6.33.